The van der Waals surface area contributed by atoms with E-state index in [-0.39, 0.29) is 17.2 Å². The average molecular weight is 426 g/mol. The van der Waals surface area contributed by atoms with Crippen LogP contribution in [0.1, 0.15) is 49.7 Å². The van der Waals surface area contributed by atoms with Gasteiger partial charge in [0, 0.05) is 6.04 Å². The van der Waals surface area contributed by atoms with Gasteiger partial charge in [-0.3, -0.25) is 5.10 Å². The molecule has 0 aliphatic heterocycles. The Bertz CT molecular complexity index is 939. The fourth-order valence-corrected chi connectivity index (χ4v) is 3.84. The van der Waals surface area contributed by atoms with E-state index in [4.69, 9.17) is 14.2 Å². The van der Waals surface area contributed by atoms with Gasteiger partial charge in [-0.2, -0.15) is 5.10 Å². The Balaban J connectivity index is 2.22. The van der Waals surface area contributed by atoms with Crippen molar-refractivity contribution in [2.45, 2.75) is 38.8 Å². The molecule has 0 radical (unpaired) electrons. The van der Waals surface area contributed by atoms with Gasteiger partial charge in [0.2, 0.25) is 0 Å². The molecule has 1 aromatic carbocycles. The number of carbonyl (C=O) groups is 1. The molecule has 0 aliphatic rings. The lowest BCUT2D eigenvalue weighted by molar-refractivity contribution is 0.0521. The standard InChI is InChI=1S/C19H27N3O6S/c1-6-27-19(23)15-10-20-21-18(15)29(24,25)22-13(4)14-7-8-16(17(9-14)26-5)28-11-12(2)3/h7-10,12-13,22H,6,11H2,1-5H3,(H,20,21)/t13-/m1/s1. The maximum absolute atomic E-state index is 12.8. The molecule has 160 valence electrons. The molecule has 0 amide bonds. The summed E-state index contributed by atoms with van der Waals surface area (Å²) in [4.78, 5) is 12.0. The highest BCUT2D eigenvalue weighted by atomic mass is 32.2. The van der Waals surface area contributed by atoms with Crippen LogP contribution in [0.15, 0.2) is 29.4 Å². The van der Waals surface area contributed by atoms with Gasteiger partial charge in [0.15, 0.2) is 16.5 Å². The molecule has 0 spiro atoms. The van der Waals surface area contributed by atoms with E-state index in [1.54, 1.807) is 32.0 Å². The van der Waals surface area contributed by atoms with Gasteiger partial charge in [0.05, 0.1) is 26.5 Å². The third-order valence-corrected chi connectivity index (χ3v) is 5.47. The minimum absolute atomic E-state index is 0.123. The van der Waals surface area contributed by atoms with E-state index >= 15 is 0 Å². The van der Waals surface area contributed by atoms with Crippen molar-refractivity contribution < 1.29 is 27.4 Å². The zero-order valence-electron chi connectivity index (χ0n) is 17.2. The molecule has 1 aromatic heterocycles. The number of esters is 1. The normalized spacial score (nSPS) is 12.6. The summed E-state index contributed by atoms with van der Waals surface area (Å²) in [5.74, 6) is 0.678. The van der Waals surface area contributed by atoms with Gasteiger partial charge in [-0.25, -0.2) is 17.9 Å². The van der Waals surface area contributed by atoms with Crippen LogP contribution in [0.4, 0.5) is 0 Å². The van der Waals surface area contributed by atoms with E-state index in [1.165, 1.54) is 7.11 Å². The molecule has 9 nitrogen and oxygen atoms in total. The van der Waals surface area contributed by atoms with Gasteiger partial charge >= 0.3 is 5.97 Å². The van der Waals surface area contributed by atoms with Crippen molar-refractivity contribution in [2.24, 2.45) is 5.92 Å². The highest BCUT2D eigenvalue weighted by molar-refractivity contribution is 7.89. The van der Waals surface area contributed by atoms with Gasteiger partial charge < -0.3 is 14.2 Å². The summed E-state index contributed by atoms with van der Waals surface area (Å²) in [5.41, 5.74) is 0.515. The number of nitrogens with zero attached hydrogens (tertiary/aromatic N) is 1. The Morgan fingerprint density at radius 2 is 1.97 bits per heavy atom. The number of ether oxygens (including phenoxy) is 3. The first-order chi connectivity index (χ1) is 13.7. The van der Waals surface area contributed by atoms with E-state index in [0.29, 0.717) is 29.6 Å². The highest BCUT2D eigenvalue weighted by Crippen LogP contribution is 2.31. The number of hydrogen-bond donors (Lipinski definition) is 2. The summed E-state index contributed by atoms with van der Waals surface area (Å²) in [5, 5.41) is 5.68. The molecule has 0 unspecified atom stereocenters. The van der Waals surface area contributed by atoms with Crippen LogP contribution in [-0.2, 0) is 14.8 Å². The monoisotopic (exact) mass is 425 g/mol. The maximum Gasteiger partial charge on any atom is 0.342 e. The van der Waals surface area contributed by atoms with Gasteiger partial charge in [-0.1, -0.05) is 19.9 Å². The molecule has 1 atom stereocenters. The average Bonchev–Trinajstić information content (AvgIpc) is 3.17. The van der Waals surface area contributed by atoms with Crippen LogP contribution in [0.25, 0.3) is 0 Å². The Labute approximate surface area is 170 Å². The minimum Gasteiger partial charge on any atom is -0.493 e. The maximum atomic E-state index is 12.8. The van der Waals surface area contributed by atoms with E-state index in [9.17, 15) is 13.2 Å². The predicted molar refractivity (Wildman–Crippen MR) is 107 cm³/mol. The number of benzene rings is 1. The van der Waals surface area contributed by atoms with Gasteiger partial charge in [0.1, 0.15) is 5.56 Å². The number of hydrogen-bond acceptors (Lipinski definition) is 7. The predicted octanol–water partition coefficient (Wildman–Crippen LogP) is 2.67. The second kappa shape index (κ2) is 9.75. The molecule has 2 rings (SSSR count). The van der Waals surface area contributed by atoms with Gasteiger partial charge in [-0.05, 0) is 37.5 Å². The third-order valence-electron chi connectivity index (χ3n) is 3.96. The number of carbonyl (C=O) groups excluding carboxylic acids is 1. The van der Waals surface area contributed by atoms with Crippen LogP contribution in [0.2, 0.25) is 0 Å². The zero-order valence-corrected chi connectivity index (χ0v) is 18.0. The van der Waals surface area contributed by atoms with Crippen molar-refractivity contribution in [2.75, 3.05) is 20.3 Å². The Hall–Kier alpha value is -2.59. The zero-order chi connectivity index (χ0) is 21.6. The van der Waals surface area contributed by atoms with Crippen LogP contribution >= 0.6 is 0 Å². The van der Waals surface area contributed by atoms with E-state index in [2.05, 4.69) is 14.9 Å². The van der Waals surface area contributed by atoms with Crippen molar-refractivity contribution in [1.29, 1.82) is 0 Å². The first-order valence-corrected chi connectivity index (χ1v) is 10.7. The topological polar surface area (TPSA) is 120 Å². The molecule has 2 N–H and O–H groups in total. The van der Waals surface area contributed by atoms with Crippen molar-refractivity contribution in [3.05, 3.63) is 35.5 Å². The number of sulfonamides is 1. The summed E-state index contributed by atoms with van der Waals surface area (Å²) in [6, 6.07) is 4.60. The Morgan fingerprint density at radius 3 is 2.59 bits per heavy atom. The fraction of sp³-hybridized carbons (Fsp3) is 0.474. The molecule has 1 heterocycles. The summed E-state index contributed by atoms with van der Waals surface area (Å²) in [7, 11) is -2.53. The van der Waals surface area contributed by atoms with Gasteiger partial charge in [-0.15, -0.1) is 0 Å². The van der Waals surface area contributed by atoms with Gasteiger partial charge in [0.25, 0.3) is 10.0 Å². The SMILES string of the molecule is CCOC(=O)c1cn[nH]c1S(=O)(=O)N[C@H](C)c1ccc(OCC(C)C)c(OC)c1. The molecule has 29 heavy (non-hydrogen) atoms. The first-order valence-electron chi connectivity index (χ1n) is 9.23. The van der Waals surface area contributed by atoms with E-state index in [1.807, 2.05) is 13.8 Å². The number of aromatic amines is 1. The molecule has 0 bridgehead atoms. The molecule has 0 saturated heterocycles. The third kappa shape index (κ3) is 5.70. The summed E-state index contributed by atoms with van der Waals surface area (Å²) in [6.45, 7) is 8.05. The molecule has 0 saturated carbocycles. The lowest BCUT2D eigenvalue weighted by atomic mass is 10.1. The summed E-state index contributed by atoms with van der Waals surface area (Å²) < 4.78 is 44.0. The van der Waals surface area contributed by atoms with Crippen molar-refractivity contribution >= 4 is 16.0 Å². The lowest BCUT2D eigenvalue weighted by Gasteiger charge is -2.17. The summed E-state index contributed by atoms with van der Waals surface area (Å²) >= 11 is 0. The molecule has 0 aliphatic carbocycles. The molecule has 10 heteroatoms. The first kappa shape index (κ1) is 22.7. The van der Waals surface area contributed by atoms with Crippen LogP contribution in [0.5, 0.6) is 11.5 Å². The Morgan fingerprint density at radius 1 is 1.24 bits per heavy atom. The number of aromatic nitrogens is 2. The Kier molecular flexibility index (Phi) is 7.63. The largest absolute Gasteiger partial charge is 0.493 e. The smallest absolute Gasteiger partial charge is 0.342 e. The van der Waals surface area contributed by atoms with Crippen molar-refractivity contribution in [3.63, 3.8) is 0 Å². The van der Waals surface area contributed by atoms with Crippen LogP contribution in [0, 0.1) is 5.92 Å². The fourth-order valence-electron chi connectivity index (χ4n) is 2.52. The second-order valence-electron chi connectivity index (χ2n) is 6.79. The molecule has 2 aromatic rings. The number of H-pyrrole nitrogens is 1. The van der Waals surface area contributed by atoms with Crippen LogP contribution in [0.3, 0.4) is 0 Å². The lowest BCUT2D eigenvalue weighted by Crippen LogP contribution is -2.28. The molecule has 0 fully saturated rings. The molecular formula is C19H27N3O6S. The van der Waals surface area contributed by atoms with Crippen molar-refractivity contribution in [3.8, 4) is 11.5 Å². The van der Waals surface area contributed by atoms with Crippen LogP contribution < -0.4 is 14.2 Å². The van der Waals surface area contributed by atoms with E-state index < -0.39 is 22.0 Å². The number of rotatable bonds is 10. The summed E-state index contributed by atoms with van der Waals surface area (Å²) in [6.07, 6.45) is 1.13. The minimum atomic E-state index is -4.05. The van der Waals surface area contributed by atoms with Crippen LogP contribution in [-0.4, -0.2) is 44.9 Å². The molecular weight excluding hydrogens is 398 g/mol. The number of methoxy groups -OCH3 is 1. The number of nitrogens with one attached hydrogen (secondary N) is 2. The van der Waals surface area contributed by atoms with Crippen molar-refractivity contribution in [1.82, 2.24) is 14.9 Å². The highest BCUT2D eigenvalue weighted by Gasteiger charge is 2.28. The quantitative estimate of drug-likeness (QED) is 0.562. The second-order valence-corrected chi connectivity index (χ2v) is 8.44. The van der Waals surface area contributed by atoms with E-state index in [0.717, 1.165) is 6.20 Å².